The number of hydrogen-bond acceptors (Lipinski definition) is 3. The van der Waals surface area contributed by atoms with Gasteiger partial charge in [-0.25, -0.2) is 4.58 Å². The number of thioether (sulfide) groups is 1. The van der Waals surface area contributed by atoms with Gasteiger partial charge in [0, 0.05) is 0 Å². The summed E-state index contributed by atoms with van der Waals surface area (Å²) < 4.78 is 7.59. The summed E-state index contributed by atoms with van der Waals surface area (Å²) in [4.78, 5) is 11.2. The van der Waals surface area contributed by atoms with Gasteiger partial charge in [0.15, 0.2) is 0 Å². The number of carbonyl (C=O) groups excluding carboxylic acids is 1. The first-order valence-electron chi connectivity index (χ1n) is 5.20. The number of morpholine rings is 1. The van der Waals surface area contributed by atoms with Crippen molar-refractivity contribution in [2.24, 2.45) is 0 Å². The van der Waals surface area contributed by atoms with E-state index in [9.17, 15) is 4.79 Å². The SMILES string of the molecule is CCN1NC(=O)CSC1=[N+]1CCOCC1. The zero-order valence-electron chi connectivity index (χ0n) is 8.86. The lowest BCUT2D eigenvalue weighted by Gasteiger charge is -2.25. The van der Waals surface area contributed by atoms with Crippen LogP contribution in [0.5, 0.6) is 0 Å². The van der Waals surface area contributed by atoms with Gasteiger partial charge in [-0.2, -0.15) is 10.4 Å². The van der Waals surface area contributed by atoms with Crippen LogP contribution in [-0.4, -0.2) is 59.3 Å². The molecule has 5 nitrogen and oxygen atoms in total. The predicted molar refractivity (Wildman–Crippen MR) is 58.8 cm³/mol. The Morgan fingerprint density at radius 2 is 2.27 bits per heavy atom. The van der Waals surface area contributed by atoms with E-state index in [1.807, 2.05) is 11.9 Å². The normalized spacial score (nSPS) is 23.0. The Morgan fingerprint density at radius 3 is 2.93 bits per heavy atom. The Hall–Kier alpha value is -0.750. The molecule has 84 valence electrons. The van der Waals surface area contributed by atoms with E-state index in [0.29, 0.717) is 5.75 Å². The first kappa shape index (κ1) is 10.8. The first-order valence-corrected chi connectivity index (χ1v) is 6.19. The molecule has 2 rings (SSSR count). The van der Waals surface area contributed by atoms with E-state index < -0.39 is 0 Å². The second-order valence-electron chi connectivity index (χ2n) is 3.45. The maximum Gasteiger partial charge on any atom is 0.332 e. The van der Waals surface area contributed by atoms with Crippen molar-refractivity contribution in [2.45, 2.75) is 6.92 Å². The van der Waals surface area contributed by atoms with E-state index >= 15 is 0 Å². The number of carbonyl (C=O) groups is 1. The highest BCUT2D eigenvalue weighted by atomic mass is 32.2. The summed E-state index contributed by atoms with van der Waals surface area (Å²) in [7, 11) is 0. The van der Waals surface area contributed by atoms with E-state index in [1.165, 1.54) is 0 Å². The molecule has 0 atom stereocenters. The van der Waals surface area contributed by atoms with Gasteiger partial charge < -0.3 is 4.74 Å². The van der Waals surface area contributed by atoms with Crippen LogP contribution >= 0.6 is 11.8 Å². The molecule has 15 heavy (non-hydrogen) atoms. The minimum atomic E-state index is 0.0823. The number of nitrogens with one attached hydrogen (secondary N) is 1. The highest BCUT2D eigenvalue weighted by Crippen LogP contribution is 2.13. The molecule has 0 aliphatic carbocycles. The lowest BCUT2D eigenvalue weighted by molar-refractivity contribution is -0.551. The molecule has 2 aliphatic rings. The van der Waals surface area contributed by atoms with Crippen LogP contribution in [0.1, 0.15) is 6.92 Å². The maximum absolute atomic E-state index is 11.2. The molecule has 0 radical (unpaired) electrons. The monoisotopic (exact) mass is 230 g/mol. The van der Waals surface area contributed by atoms with Crippen molar-refractivity contribution in [1.82, 2.24) is 10.4 Å². The summed E-state index contributed by atoms with van der Waals surface area (Å²) in [6.45, 7) is 6.20. The van der Waals surface area contributed by atoms with E-state index in [2.05, 4.69) is 10.0 Å². The topological polar surface area (TPSA) is 44.6 Å². The fraction of sp³-hybridized carbons (Fsp3) is 0.778. The minimum absolute atomic E-state index is 0.0823. The standard InChI is InChI=1S/C9H15N3O2S/c1-2-12-9(15-7-8(13)10-12)11-3-5-14-6-4-11/h2-7H2,1H3/p+1. The molecule has 2 fully saturated rings. The fourth-order valence-corrected chi connectivity index (χ4v) is 2.69. The molecule has 2 saturated heterocycles. The van der Waals surface area contributed by atoms with E-state index in [0.717, 1.165) is 38.0 Å². The Morgan fingerprint density at radius 1 is 1.53 bits per heavy atom. The van der Waals surface area contributed by atoms with Gasteiger partial charge in [0.05, 0.1) is 19.0 Å². The third-order valence-corrected chi connectivity index (χ3v) is 3.56. The minimum Gasteiger partial charge on any atom is -0.373 e. The molecule has 2 heterocycles. The number of amides is 1. The molecule has 0 bridgehead atoms. The number of rotatable bonds is 1. The quantitative estimate of drug-likeness (QED) is 0.616. The highest BCUT2D eigenvalue weighted by Gasteiger charge is 2.31. The van der Waals surface area contributed by atoms with Crippen molar-refractivity contribution in [3.63, 3.8) is 0 Å². The summed E-state index contributed by atoms with van der Waals surface area (Å²) in [5.41, 5.74) is 2.87. The van der Waals surface area contributed by atoms with Gasteiger partial charge in [0.1, 0.15) is 19.6 Å². The van der Waals surface area contributed by atoms with Crippen LogP contribution in [0.15, 0.2) is 0 Å². The Bertz CT molecular complexity index is 285. The molecule has 0 aromatic heterocycles. The van der Waals surface area contributed by atoms with E-state index in [-0.39, 0.29) is 5.91 Å². The van der Waals surface area contributed by atoms with Gasteiger partial charge >= 0.3 is 5.17 Å². The largest absolute Gasteiger partial charge is 0.373 e. The van der Waals surface area contributed by atoms with Gasteiger partial charge in [-0.1, -0.05) is 0 Å². The molecule has 1 N–H and O–H groups in total. The van der Waals surface area contributed by atoms with Crippen LogP contribution < -0.4 is 5.43 Å². The summed E-state index contributed by atoms with van der Waals surface area (Å²) in [5, 5.41) is 3.07. The van der Waals surface area contributed by atoms with E-state index in [1.54, 1.807) is 11.8 Å². The van der Waals surface area contributed by atoms with Crippen LogP contribution in [-0.2, 0) is 9.53 Å². The molecular formula is C9H16N3O2S+. The van der Waals surface area contributed by atoms with Gasteiger partial charge in [-0.15, -0.1) is 0 Å². The average molecular weight is 230 g/mol. The van der Waals surface area contributed by atoms with Crippen molar-refractivity contribution < 1.29 is 14.1 Å². The smallest absolute Gasteiger partial charge is 0.332 e. The van der Waals surface area contributed by atoms with Crippen molar-refractivity contribution in [3.05, 3.63) is 0 Å². The van der Waals surface area contributed by atoms with Crippen molar-refractivity contribution in [1.29, 1.82) is 0 Å². The van der Waals surface area contributed by atoms with Crippen molar-refractivity contribution in [2.75, 3.05) is 38.6 Å². The third kappa shape index (κ3) is 2.43. The second kappa shape index (κ2) is 4.85. The number of amidine groups is 1. The second-order valence-corrected chi connectivity index (χ2v) is 4.39. The van der Waals surface area contributed by atoms with E-state index in [4.69, 9.17) is 4.74 Å². The first-order chi connectivity index (χ1) is 7.31. The highest BCUT2D eigenvalue weighted by molar-refractivity contribution is 8.14. The molecule has 0 aromatic carbocycles. The average Bonchev–Trinajstić information content (AvgIpc) is 2.30. The van der Waals surface area contributed by atoms with Gasteiger partial charge in [-0.05, 0) is 18.7 Å². The molecule has 6 heteroatoms. The molecule has 0 unspecified atom stereocenters. The lowest BCUT2D eigenvalue weighted by atomic mass is 10.5. The fourth-order valence-electron chi connectivity index (χ4n) is 1.67. The summed E-state index contributed by atoms with van der Waals surface area (Å²) >= 11 is 1.61. The Balaban J connectivity index is 2.14. The number of nitrogens with zero attached hydrogens (tertiary/aromatic N) is 2. The third-order valence-electron chi connectivity index (χ3n) is 2.42. The summed E-state index contributed by atoms with van der Waals surface area (Å²) in [6, 6.07) is 0. The lowest BCUT2D eigenvalue weighted by Crippen LogP contribution is -2.53. The van der Waals surface area contributed by atoms with Crippen LogP contribution in [0.2, 0.25) is 0 Å². The molecule has 1 amide bonds. The zero-order valence-corrected chi connectivity index (χ0v) is 9.68. The molecule has 2 aliphatic heterocycles. The van der Waals surface area contributed by atoms with Gasteiger partial charge in [-0.3, -0.25) is 4.79 Å². The zero-order chi connectivity index (χ0) is 10.7. The van der Waals surface area contributed by atoms with Crippen LogP contribution in [0.25, 0.3) is 0 Å². The van der Waals surface area contributed by atoms with Crippen molar-refractivity contribution >= 4 is 22.8 Å². The molecular weight excluding hydrogens is 214 g/mol. The maximum atomic E-state index is 11.2. The molecule has 0 aromatic rings. The Labute approximate surface area is 93.4 Å². The predicted octanol–water partition coefficient (Wildman–Crippen LogP) is -0.515. The summed E-state index contributed by atoms with van der Waals surface area (Å²) in [6.07, 6.45) is 0. The number of hydrazine groups is 1. The number of hydrogen-bond donors (Lipinski definition) is 1. The van der Waals surface area contributed by atoms with Gasteiger partial charge in [0.25, 0.3) is 5.91 Å². The number of ether oxygens (including phenoxy) is 1. The molecule has 0 saturated carbocycles. The van der Waals surface area contributed by atoms with Gasteiger partial charge in [0.2, 0.25) is 0 Å². The van der Waals surface area contributed by atoms with Crippen LogP contribution in [0.3, 0.4) is 0 Å². The van der Waals surface area contributed by atoms with Crippen molar-refractivity contribution in [3.8, 4) is 0 Å². The van der Waals surface area contributed by atoms with Crippen LogP contribution in [0, 0.1) is 0 Å². The Kier molecular flexibility index (Phi) is 3.48. The molecule has 0 spiro atoms. The van der Waals surface area contributed by atoms with Crippen LogP contribution in [0.4, 0.5) is 0 Å². The summed E-state index contributed by atoms with van der Waals surface area (Å²) in [5.74, 6) is 0.599.